The lowest BCUT2D eigenvalue weighted by atomic mass is 9.94. The van der Waals surface area contributed by atoms with E-state index >= 15 is 0 Å². The standard InChI is InChI=1S/C46H37N3Si/c1-50(2,3)41-27-25-34(26-28-41)45-47-44(33-14-5-4-6-15-33)48-46(49-45)40-22-11-20-38(31-40)36-18-9-17-35(29-36)37-19-10-21-39(30-37)43-24-12-16-32-13-7-8-23-42(32)43/h4-31H,1-3H3. The normalized spacial score (nSPS) is 11.5. The predicted molar refractivity (Wildman–Crippen MR) is 213 cm³/mol. The summed E-state index contributed by atoms with van der Waals surface area (Å²) in [7, 11) is -1.43. The third kappa shape index (κ3) is 6.41. The molecule has 1 heterocycles. The molecule has 240 valence electrons. The minimum Gasteiger partial charge on any atom is -0.208 e. The third-order valence-corrected chi connectivity index (χ3v) is 11.4. The van der Waals surface area contributed by atoms with Crippen molar-refractivity contribution in [1.29, 1.82) is 0 Å². The molecule has 0 amide bonds. The minimum atomic E-state index is -1.43. The van der Waals surface area contributed by atoms with Gasteiger partial charge in [0.2, 0.25) is 0 Å². The first-order chi connectivity index (χ1) is 24.4. The van der Waals surface area contributed by atoms with Crippen LogP contribution in [0.25, 0.3) is 78.3 Å². The lowest BCUT2D eigenvalue weighted by Crippen LogP contribution is -2.37. The van der Waals surface area contributed by atoms with Crippen molar-refractivity contribution in [2.24, 2.45) is 0 Å². The Kier molecular flexibility index (Phi) is 8.23. The molecule has 0 aliphatic heterocycles. The maximum absolute atomic E-state index is 5.04. The Labute approximate surface area is 295 Å². The van der Waals surface area contributed by atoms with Crippen LogP contribution in [0.5, 0.6) is 0 Å². The fourth-order valence-corrected chi connectivity index (χ4v) is 7.70. The monoisotopic (exact) mass is 659 g/mol. The maximum atomic E-state index is 5.04. The zero-order valence-corrected chi connectivity index (χ0v) is 29.5. The molecule has 0 unspecified atom stereocenters. The van der Waals surface area contributed by atoms with E-state index in [1.54, 1.807) is 0 Å². The van der Waals surface area contributed by atoms with E-state index < -0.39 is 8.07 Å². The Balaban J connectivity index is 1.17. The van der Waals surface area contributed by atoms with Crippen molar-refractivity contribution >= 4 is 24.0 Å². The molecule has 0 spiro atoms. The van der Waals surface area contributed by atoms with Crippen LogP contribution in [-0.2, 0) is 0 Å². The second-order valence-corrected chi connectivity index (χ2v) is 18.8. The SMILES string of the molecule is C[Si](C)(C)c1ccc(-c2nc(-c3ccccc3)nc(-c3cccc(-c4cccc(-c5cccc(-c6cccc7ccccc67)c5)c4)c3)n2)cc1. The van der Waals surface area contributed by atoms with E-state index in [-0.39, 0.29) is 0 Å². The number of rotatable bonds is 7. The summed E-state index contributed by atoms with van der Waals surface area (Å²) in [5, 5.41) is 3.92. The average molecular weight is 660 g/mol. The summed E-state index contributed by atoms with van der Waals surface area (Å²) >= 11 is 0. The van der Waals surface area contributed by atoms with Crippen molar-refractivity contribution in [1.82, 2.24) is 15.0 Å². The maximum Gasteiger partial charge on any atom is 0.164 e. The highest BCUT2D eigenvalue weighted by Crippen LogP contribution is 2.34. The lowest BCUT2D eigenvalue weighted by molar-refractivity contribution is 1.07. The number of aromatic nitrogens is 3. The van der Waals surface area contributed by atoms with Gasteiger partial charge in [-0.3, -0.25) is 0 Å². The van der Waals surface area contributed by atoms with Crippen molar-refractivity contribution in [2.75, 3.05) is 0 Å². The van der Waals surface area contributed by atoms with Crippen LogP contribution >= 0.6 is 0 Å². The van der Waals surface area contributed by atoms with Gasteiger partial charge in [0.25, 0.3) is 0 Å². The molecule has 3 nitrogen and oxygen atoms in total. The summed E-state index contributed by atoms with van der Waals surface area (Å²) in [6.45, 7) is 7.09. The molecule has 0 fully saturated rings. The van der Waals surface area contributed by atoms with Crippen molar-refractivity contribution in [2.45, 2.75) is 19.6 Å². The van der Waals surface area contributed by atoms with Gasteiger partial charge in [-0.2, -0.15) is 0 Å². The van der Waals surface area contributed by atoms with Gasteiger partial charge in [-0.25, -0.2) is 15.0 Å². The van der Waals surface area contributed by atoms with E-state index in [0.717, 1.165) is 27.8 Å². The van der Waals surface area contributed by atoms with Gasteiger partial charge in [-0.1, -0.05) is 176 Å². The topological polar surface area (TPSA) is 38.7 Å². The van der Waals surface area contributed by atoms with E-state index in [9.17, 15) is 0 Å². The van der Waals surface area contributed by atoms with Gasteiger partial charge in [0.05, 0.1) is 8.07 Å². The van der Waals surface area contributed by atoms with Crippen LogP contribution in [-0.4, -0.2) is 23.0 Å². The van der Waals surface area contributed by atoms with Crippen molar-refractivity contribution in [3.05, 3.63) is 170 Å². The molecule has 0 N–H and O–H groups in total. The molecule has 0 saturated heterocycles. The molecule has 0 bridgehead atoms. The Morgan fingerprint density at radius 1 is 0.340 bits per heavy atom. The van der Waals surface area contributed by atoms with E-state index in [2.05, 4.69) is 159 Å². The number of hydrogen-bond donors (Lipinski definition) is 0. The molecule has 0 saturated carbocycles. The smallest absolute Gasteiger partial charge is 0.164 e. The minimum absolute atomic E-state index is 0.656. The van der Waals surface area contributed by atoms with E-state index in [1.165, 1.54) is 38.2 Å². The van der Waals surface area contributed by atoms with Crippen LogP contribution in [0.1, 0.15) is 0 Å². The van der Waals surface area contributed by atoms with Crippen LogP contribution in [0.4, 0.5) is 0 Å². The molecule has 0 aliphatic rings. The largest absolute Gasteiger partial charge is 0.208 e. The molecule has 0 radical (unpaired) electrons. The molecule has 8 rings (SSSR count). The third-order valence-electron chi connectivity index (χ3n) is 9.29. The predicted octanol–water partition coefficient (Wildman–Crippen LogP) is 11.6. The van der Waals surface area contributed by atoms with Crippen LogP contribution in [0.3, 0.4) is 0 Å². The quantitative estimate of drug-likeness (QED) is 0.160. The Morgan fingerprint density at radius 3 is 1.38 bits per heavy atom. The molecule has 4 heteroatoms. The molecule has 50 heavy (non-hydrogen) atoms. The molecule has 0 aliphatic carbocycles. The number of fused-ring (bicyclic) bond motifs is 1. The fourth-order valence-electron chi connectivity index (χ4n) is 6.53. The van der Waals surface area contributed by atoms with Gasteiger partial charge in [-0.15, -0.1) is 0 Å². The lowest BCUT2D eigenvalue weighted by Gasteiger charge is -2.16. The van der Waals surface area contributed by atoms with Gasteiger partial charge >= 0.3 is 0 Å². The van der Waals surface area contributed by atoms with Crippen LogP contribution in [0.15, 0.2) is 170 Å². The summed E-state index contributed by atoms with van der Waals surface area (Å²) in [6.07, 6.45) is 0. The van der Waals surface area contributed by atoms with Gasteiger partial charge in [0, 0.05) is 16.7 Å². The van der Waals surface area contributed by atoms with Gasteiger partial charge in [0.15, 0.2) is 17.5 Å². The summed E-state index contributed by atoms with van der Waals surface area (Å²) in [6, 6.07) is 60.2. The Hall–Kier alpha value is -5.97. The van der Waals surface area contributed by atoms with Gasteiger partial charge < -0.3 is 0 Å². The van der Waals surface area contributed by atoms with E-state index in [0.29, 0.717) is 17.5 Å². The highest BCUT2D eigenvalue weighted by molar-refractivity contribution is 6.88. The molecular formula is C46H37N3Si. The molecule has 0 atom stereocenters. The van der Waals surface area contributed by atoms with Gasteiger partial charge in [0.1, 0.15) is 0 Å². The Morgan fingerprint density at radius 2 is 0.760 bits per heavy atom. The highest BCUT2D eigenvalue weighted by Gasteiger charge is 2.18. The number of nitrogens with zero attached hydrogens (tertiary/aromatic N) is 3. The zero-order chi connectivity index (χ0) is 34.1. The first kappa shape index (κ1) is 31.3. The van der Waals surface area contributed by atoms with Crippen LogP contribution < -0.4 is 5.19 Å². The molecule has 1 aromatic heterocycles. The zero-order valence-electron chi connectivity index (χ0n) is 28.5. The fraction of sp³-hybridized carbons (Fsp3) is 0.0652. The molecular weight excluding hydrogens is 623 g/mol. The second kappa shape index (κ2) is 13.1. The van der Waals surface area contributed by atoms with Crippen LogP contribution in [0.2, 0.25) is 19.6 Å². The molecule has 7 aromatic carbocycles. The van der Waals surface area contributed by atoms with Crippen molar-refractivity contribution < 1.29 is 0 Å². The summed E-state index contributed by atoms with van der Waals surface area (Å²) in [5.41, 5.74) is 9.96. The Bertz CT molecular complexity index is 2460. The number of benzene rings is 7. The van der Waals surface area contributed by atoms with Crippen molar-refractivity contribution in [3.63, 3.8) is 0 Å². The first-order valence-corrected chi connectivity index (χ1v) is 20.6. The summed E-state index contributed by atoms with van der Waals surface area (Å²) in [5.74, 6) is 2.00. The summed E-state index contributed by atoms with van der Waals surface area (Å²) < 4.78 is 0. The van der Waals surface area contributed by atoms with E-state index in [1.807, 2.05) is 30.3 Å². The van der Waals surface area contributed by atoms with Gasteiger partial charge in [-0.05, 0) is 62.4 Å². The van der Waals surface area contributed by atoms with Crippen molar-refractivity contribution in [3.8, 4) is 67.5 Å². The van der Waals surface area contributed by atoms with E-state index in [4.69, 9.17) is 15.0 Å². The first-order valence-electron chi connectivity index (χ1n) is 17.1. The average Bonchev–Trinajstić information content (AvgIpc) is 3.18. The molecule has 8 aromatic rings. The highest BCUT2D eigenvalue weighted by atomic mass is 28.3. The second-order valence-electron chi connectivity index (χ2n) is 13.8. The summed E-state index contributed by atoms with van der Waals surface area (Å²) in [4.78, 5) is 15.0. The van der Waals surface area contributed by atoms with Crippen LogP contribution in [0, 0.1) is 0 Å². The number of hydrogen-bond acceptors (Lipinski definition) is 3.